The Labute approximate surface area is 110 Å². The number of carbonyl (C=O) groups is 1. The topological polar surface area (TPSA) is 51.2 Å². The maximum Gasteiger partial charge on any atom is 0.199 e. The summed E-state index contributed by atoms with van der Waals surface area (Å²) in [6.07, 6.45) is 0.150. The first-order valence-electron chi connectivity index (χ1n) is 5.00. The fourth-order valence-electron chi connectivity index (χ4n) is 1.34. The molecular formula is C12H13BrO3S. The molecule has 0 amide bonds. The largest absolute Gasteiger partial charge is 0.300 e. The van der Waals surface area contributed by atoms with E-state index in [0.29, 0.717) is 10.9 Å². The van der Waals surface area contributed by atoms with Gasteiger partial charge < -0.3 is 0 Å². The zero-order valence-electron chi connectivity index (χ0n) is 9.39. The third kappa shape index (κ3) is 4.44. The fraction of sp³-hybridized carbons (Fsp3) is 0.250. The van der Waals surface area contributed by atoms with E-state index in [1.807, 2.05) is 0 Å². The van der Waals surface area contributed by atoms with E-state index in [1.165, 1.54) is 24.5 Å². The average Bonchev–Trinajstić information content (AvgIpc) is 2.28. The predicted octanol–water partition coefficient (Wildman–Crippen LogP) is 2.72. The lowest BCUT2D eigenvalue weighted by molar-refractivity contribution is -0.116. The molecule has 0 bridgehead atoms. The molecule has 0 heterocycles. The Kier molecular flexibility index (Phi) is 5.08. The average molecular weight is 317 g/mol. The van der Waals surface area contributed by atoms with Crippen molar-refractivity contribution in [3.8, 4) is 0 Å². The van der Waals surface area contributed by atoms with Gasteiger partial charge >= 0.3 is 0 Å². The van der Waals surface area contributed by atoms with Gasteiger partial charge in [0.1, 0.15) is 5.78 Å². The maximum absolute atomic E-state index is 12.0. The van der Waals surface area contributed by atoms with Crippen molar-refractivity contribution < 1.29 is 13.2 Å². The van der Waals surface area contributed by atoms with Crippen LogP contribution in [0.3, 0.4) is 0 Å². The van der Waals surface area contributed by atoms with E-state index in [9.17, 15) is 13.2 Å². The molecule has 1 rings (SSSR count). The van der Waals surface area contributed by atoms with Crippen LogP contribution in [0.15, 0.2) is 46.2 Å². The Hall–Kier alpha value is -0.940. The highest BCUT2D eigenvalue weighted by atomic mass is 79.9. The molecule has 0 aliphatic rings. The van der Waals surface area contributed by atoms with Crippen LogP contribution in [-0.2, 0) is 14.6 Å². The van der Waals surface area contributed by atoms with Crippen molar-refractivity contribution in [3.63, 3.8) is 0 Å². The molecule has 0 spiro atoms. The summed E-state index contributed by atoms with van der Waals surface area (Å²) in [5, 5.41) is 1.54. The second kappa shape index (κ2) is 6.12. The molecule has 3 nitrogen and oxygen atoms in total. The Balaban J connectivity index is 3.07. The van der Waals surface area contributed by atoms with Gasteiger partial charge in [0.25, 0.3) is 0 Å². The molecule has 0 saturated heterocycles. The van der Waals surface area contributed by atoms with Crippen LogP contribution in [0.25, 0.3) is 0 Å². The molecule has 0 atom stereocenters. The zero-order chi connectivity index (χ0) is 12.9. The number of rotatable bonds is 5. The van der Waals surface area contributed by atoms with Gasteiger partial charge in [-0.1, -0.05) is 34.1 Å². The van der Waals surface area contributed by atoms with Gasteiger partial charge in [0.05, 0.1) is 4.90 Å². The molecule has 0 N–H and O–H groups in total. The lowest BCUT2D eigenvalue weighted by Gasteiger charge is -2.03. The standard InChI is InChI=1S/C12H13BrO3S/c1-10(14)7-11(8-13)9-17(15,16)12-5-3-2-4-6-12/h2-6,9H,7-8H2,1H3/b11-9-. The Morgan fingerprint density at radius 2 is 1.88 bits per heavy atom. The lowest BCUT2D eigenvalue weighted by atomic mass is 10.2. The molecule has 5 heteroatoms. The van der Waals surface area contributed by atoms with Gasteiger partial charge in [0.15, 0.2) is 9.84 Å². The summed E-state index contributed by atoms with van der Waals surface area (Å²) in [7, 11) is -3.46. The second-order valence-corrected chi connectivity index (χ2v) is 6.00. The van der Waals surface area contributed by atoms with Crippen molar-refractivity contribution in [2.45, 2.75) is 18.2 Å². The summed E-state index contributed by atoms with van der Waals surface area (Å²) < 4.78 is 23.9. The number of Topliss-reactive ketones (excluding diaryl/α,β-unsaturated/α-hetero) is 1. The lowest BCUT2D eigenvalue weighted by Crippen LogP contribution is -2.01. The van der Waals surface area contributed by atoms with E-state index in [1.54, 1.807) is 18.2 Å². The van der Waals surface area contributed by atoms with E-state index < -0.39 is 9.84 Å². The third-order valence-electron chi connectivity index (χ3n) is 2.04. The summed E-state index contributed by atoms with van der Waals surface area (Å²) in [4.78, 5) is 11.2. The molecule has 0 saturated carbocycles. The Morgan fingerprint density at radius 3 is 2.35 bits per heavy atom. The van der Waals surface area contributed by atoms with Gasteiger partial charge in [-0.15, -0.1) is 0 Å². The van der Waals surface area contributed by atoms with Crippen LogP contribution < -0.4 is 0 Å². The highest BCUT2D eigenvalue weighted by molar-refractivity contribution is 9.09. The third-order valence-corrected chi connectivity index (χ3v) is 4.33. The number of alkyl halides is 1. The van der Waals surface area contributed by atoms with Crippen LogP contribution in [0, 0.1) is 0 Å². The molecule has 0 aliphatic carbocycles. The molecule has 0 fully saturated rings. The molecule has 17 heavy (non-hydrogen) atoms. The van der Waals surface area contributed by atoms with Crippen LogP contribution >= 0.6 is 15.9 Å². The summed E-state index contributed by atoms with van der Waals surface area (Å²) in [5.41, 5.74) is 0.557. The van der Waals surface area contributed by atoms with E-state index in [4.69, 9.17) is 0 Å². The zero-order valence-corrected chi connectivity index (χ0v) is 11.8. The van der Waals surface area contributed by atoms with Gasteiger partial charge in [-0.2, -0.15) is 0 Å². The van der Waals surface area contributed by atoms with Crippen molar-refractivity contribution in [2.75, 3.05) is 5.33 Å². The molecule has 0 radical (unpaired) electrons. The van der Waals surface area contributed by atoms with E-state index >= 15 is 0 Å². The van der Waals surface area contributed by atoms with Gasteiger partial charge in [-0.3, -0.25) is 4.79 Å². The quantitative estimate of drug-likeness (QED) is 0.785. The molecule has 1 aromatic carbocycles. The second-order valence-electron chi connectivity index (χ2n) is 3.65. The van der Waals surface area contributed by atoms with Crippen LogP contribution in [0.1, 0.15) is 13.3 Å². The van der Waals surface area contributed by atoms with Crippen LogP contribution in [0.2, 0.25) is 0 Å². The number of ketones is 1. The van der Waals surface area contributed by atoms with Crippen molar-refractivity contribution in [3.05, 3.63) is 41.3 Å². The molecular weight excluding hydrogens is 304 g/mol. The van der Waals surface area contributed by atoms with Crippen LogP contribution in [0.5, 0.6) is 0 Å². The Bertz CT molecular complexity index is 518. The number of halogens is 1. The number of allylic oxidation sites excluding steroid dienone is 1. The molecule has 0 unspecified atom stereocenters. The monoisotopic (exact) mass is 316 g/mol. The fourth-order valence-corrected chi connectivity index (χ4v) is 3.19. The number of carbonyl (C=O) groups excluding carboxylic acids is 1. The van der Waals surface area contributed by atoms with E-state index in [0.717, 1.165) is 0 Å². The highest BCUT2D eigenvalue weighted by Gasteiger charge is 2.12. The van der Waals surface area contributed by atoms with E-state index in [-0.39, 0.29) is 17.1 Å². The Morgan fingerprint density at radius 1 is 1.29 bits per heavy atom. The summed E-state index contributed by atoms with van der Waals surface area (Å²) in [6.45, 7) is 1.44. The van der Waals surface area contributed by atoms with Gasteiger partial charge in [-0.25, -0.2) is 8.42 Å². The molecule has 0 aliphatic heterocycles. The minimum Gasteiger partial charge on any atom is -0.300 e. The van der Waals surface area contributed by atoms with Crippen molar-refractivity contribution >= 4 is 31.6 Å². The highest BCUT2D eigenvalue weighted by Crippen LogP contribution is 2.16. The number of benzene rings is 1. The first-order valence-corrected chi connectivity index (χ1v) is 7.67. The normalized spacial score (nSPS) is 12.5. The van der Waals surface area contributed by atoms with Crippen molar-refractivity contribution in [1.29, 1.82) is 0 Å². The first kappa shape index (κ1) is 14.1. The first-order chi connectivity index (χ1) is 7.95. The summed E-state index contributed by atoms with van der Waals surface area (Å²) in [5.74, 6) is -0.0565. The van der Waals surface area contributed by atoms with Crippen molar-refractivity contribution in [2.24, 2.45) is 0 Å². The van der Waals surface area contributed by atoms with Gasteiger partial charge in [0.2, 0.25) is 0 Å². The van der Waals surface area contributed by atoms with Gasteiger partial charge in [0, 0.05) is 17.2 Å². The maximum atomic E-state index is 12.0. The smallest absolute Gasteiger partial charge is 0.199 e. The SMILES string of the molecule is CC(=O)C/C(=C/S(=O)(=O)c1ccccc1)CBr. The summed E-state index contributed by atoms with van der Waals surface area (Å²) in [6, 6.07) is 8.15. The van der Waals surface area contributed by atoms with Crippen LogP contribution in [0.4, 0.5) is 0 Å². The van der Waals surface area contributed by atoms with Crippen LogP contribution in [-0.4, -0.2) is 19.5 Å². The molecule has 92 valence electrons. The summed E-state index contributed by atoms with van der Waals surface area (Å²) >= 11 is 3.18. The predicted molar refractivity (Wildman–Crippen MR) is 70.8 cm³/mol. The molecule has 1 aromatic rings. The van der Waals surface area contributed by atoms with Gasteiger partial charge in [-0.05, 0) is 24.6 Å². The van der Waals surface area contributed by atoms with Crippen molar-refractivity contribution in [1.82, 2.24) is 0 Å². The van der Waals surface area contributed by atoms with E-state index in [2.05, 4.69) is 15.9 Å². The molecule has 0 aromatic heterocycles. The minimum atomic E-state index is -3.46. The minimum absolute atomic E-state index is 0.0565. The number of hydrogen-bond acceptors (Lipinski definition) is 3. The number of sulfone groups is 1. The number of hydrogen-bond donors (Lipinski definition) is 0.